The van der Waals surface area contributed by atoms with Crippen molar-refractivity contribution in [2.24, 2.45) is 0 Å². The fraction of sp³-hybridized carbons (Fsp3) is 0. The first-order valence-corrected chi connectivity index (χ1v) is 5.10. The number of anilines is 1. The fourth-order valence-electron chi connectivity index (χ4n) is 1.60. The van der Waals surface area contributed by atoms with Crippen LogP contribution >= 0.6 is 11.6 Å². The molecule has 0 amide bonds. The van der Waals surface area contributed by atoms with Gasteiger partial charge in [0.2, 0.25) is 0 Å². The van der Waals surface area contributed by atoms with Crippen molar-refractivity contribution in [2.45, 2.75) is 0 Å². The molecular formula is C11H8ClN3O. The molecule has 0 bridgehead atoms. The van der Waals surface area contributed by atoms with Gasteiger partial charge in [-0.1, -0.05) is 11.6 Å². The molecule has 2 heterocycles. The molecule has 3 N–H and O–H groups in total. The summed E-state index contributed by atoms with van der Waals surface area (Å²) in [6, 6.07) is 9.15. The van der Waals surface area contributed by atoms with E-state index >= 15 is 0 Å². The molecule has 2 aromatic heterocycles. The first kappa shape index (κ1) is 9.30. The smallest absolute Gasteiger partial charge is 0.153 e. The summed E-state index contributed by atoms with van der Waals surface area (Å²) in [5, 5.41) is 8.29. The first-order valence-electron chi connectivity index (χ1n) is 4.73. The lowest BCUT2D eigenvalue weighted by atomic mass is 10.2. The van der Waals surface area contributed by atoms with Gasteiger partial charge in [-0.2, -0.15) is 5.10 Å². The van der Waals surface area contributed by atoms with Crippen molar-refractivity contribution in [3.8, 4) is 11.5 Å². The van der Waals surface area contributed by atoms with Crippen molar-refractivity contribution in [3.63, 3.8) is 0 Å². The highest BCUT2D eigenvalue weighted by Crippen LogP contribution is 2.28. The van der Waals surface area contributed by atoms with Crippen molar-refractivity contribution < 1.29 is 4.42 Å². The maximum absolute atomic E-state index is 5.88. The standard InChI is InChI=1S/C11H8ClN3O/c12-7-2-1-6-3-10(16-9(6)4-7)8-5-11(13)15-14-8/h1-5H,(H3,13,14,15). The molecule has 0 unspecified atom stereocenters. The van der Waals surface area contributed by atoms with Gasteiger partial charge in [-0.05, 0) is 18.2 Å². The summed E-state index contributed by atoms with van der Waals surface area (Å²) in [4.78, 5) is 0. The van der Waals surface area contributed by atoms with Gasteiger partial charge in [0.25, 0.3) is 0 Å². The maximum Gasteiger partial charge on any atom is 0.153 e. The van der Waals surface area contributed by atoms with Crippen molar-refractivity contribution in [2.75, 3.05) is 5.73 Å². The van der Waals surface area contributed by atoms with Gasteiger partial charge in [0.05, 0.1) is 0 Å². The average molecular weight is 234 g/mol. The van der Waals surface area contributed by atoms with Crippen molar-refractivity contribution in [1.29, 1.82) is 0 Å². The van der Waals surface area contributed by atoms with Crippen LogP contribution < -0.4 is 5.73 Å². The number of benzene rings is 1. The number of halogens is 1. The highest BCUT2D eigenvalue weighted by Gasteiger charge is 2.08. The maximum atomic E-state index is 5.88. The van der Waals surface area contributed by atoms with Crippen LogP contribution in [0.4, 0.5) is 5.82 Å². The number of furan rings is 1. The Morgan fingerprint density at radius 3 is 2.88 bits per heavy atom. The number of nitrogens with two attached hydrogens (primary N) is 1. The van der Waals surface area contributed by atoms with Gasteiger partial charge >= 0.3 is 0 Å². The van der Waals surface area contributed by atoms with Crippen molar-refractivity contribution in [3.05, 3.63) is 35.4 Å². The first-order chi connectivity index (χ1) is 7.72. The Morgan fingerprint density at radius 2 is 2.12 bits per heavy atom. The highest BCUT2D eigenvalue weighted by molar-refractivity contribution is 6.31. The Bertz CT molecular complexity index is 656. The van der Waals surface area contributed by atoms with Crippen molar-refractivity contribution in [1.82, 2.24) is 10.2 Å². The van der Waals surface area contributed by atoms with Gasteiger partial charge in [-0.25, -0.2) is 0 Å². The fourth-order valence-corrected chi connectivity index (χ4v) is 1.76. The van der Waals surface area contributed by atoms with Gasteiger partial charge in [-0.3, -0.25) is 5.10 Å². The van der Waals surface area contributed by atoms with Crippen molar-refractivity contribution >= 4 is 28.4 Å². The second-order valence-corrected chi connectivity index (χ2v) is 3.94. The van der Waals surface area contributed by atoms with Crippen LogP contribution in [0.5, 0.6) is 0 Å². The minimum absolute atomic E-state index is 0.438. The lowest BCUT2D eigenvalue weighted by Crippen LogP contribution is -1.81. The predicted molar refractivity (Wildman–Crippen MR) is 63.2 cm³/mol. The van der Waals surface area contributed by atoms with Gasteiger partial charge in [0, 0.05) is 22.5 Å². The molecule has 0 saturated carbocycles. The topological polar surface area (TPSA) is 67.8 Å². The molecule has 0 saturated heterocycles. The zero-order valence-electron chi connectivity index (χ0n) is 8.20. The van der Waals surface area contributed by atoms with E-state index in [1.165, 1.54) is 0 Å². The van der Waals surface area contributed by atoms with Gasteiger partial charge in [0.1, 0.15) is 17.1 Å². The van der Waals surface area contributed by atoms with E-state index in [-0.39, 0.29) is 0 Å². The molecule has 0 radical (unpaired) electrons. The normalized spacial score (nSPS) is 11.1. The minimum Gasteiger partial charge on any atom is -0.454 e. The summed E-state index contributed by atoms with van der Waals surface area (Å²) in [6.07, 6.45) is 0. The third-order valence-corrected chi connectivity index (χ3v) is 2.58. The second-order valence-electron chi connectivity index (χ2n) is 3.50. The Kier molecular flexibility index (Phi) is 1.91. The number of aromatic nitrogens is 2. The number of hydrogen-bond donors (Lipinski definition) is 2. The van der Waals surface area contributed by atoms with E-state index in [9.17, 15) is 0 Å². The summed E-state index contributed by atoms with van der Waals surface area (Å²) in [7, 11) is 0. The number of fused-ring (bicyclic) bond motifs is 1. The third-order valence-electron chi connectivity index (χ3n) is 2.35. The number of H-pyrrole nitrogens is 1. The van der Waals surface area contributed by atoms with Crippen LogP contribution in [-0.4, -0.2) is 10.2 Å². The van der Waals surface area contributed by atoms with Gasteiger partial charge < -0.3 is 10.2 Å². The molecule has 0 aliphatic carbocycles. The Hall–Kier alpha value is -1.94. The SMILES string of the molecule is Nc1cc(-c2cc3ccc(Cl)cc3o2)[nH]n1. The summed E-state index contributed by atoms with van der Waals surface area (Å²) in [6.45, 7) is 0. The molecule has 1 aromatic carbocycles. The second kappa shape index (κ2) is 3.28. The zero-order valence-corrected chi connectivity index (χ0v) is 8.95. The molecular weight excluding hydrogens is 226 g/mol. The molecule has 3 rings (SSSR count). The molecule has 80 valence electrons. The number of rotatable bonds is 1. The number of nitrogens with zero attached hydrogens (tertiary/aromatic N) is 1. The molecule has 4 nitrogen and oxygen atoms in total. The van der Waals surface area contributed by atoms with E-state index in [1.54, 1.807) is 12.1 Å². The van der Waals surface area contributed by atoms with Crippen LogP contribution in [0, 0.1) is 0 Å². The largest absolute Gasteiger partial charge is 0.454 e. The minimum atomic E-state index is 0.438. The summed E-state index contributed by atoms with van der Waals surface area (Å²) < 4.78 is 5.64. The Balaban J connectivity index is 2.18. The molecule has 0 aliphatic rings. The average Bonchev–Trinajstić information content (AvgIpc) is 2.83. The molecule has 0 fully saturated rings. The molecule has 0 atom stereocenters. The van der Waals surface area contributed by atoms with E-state index < -0.39 is 0 Å². The summed E-state index contributed by atoms with van der Waals surface area (Å²) in [5.74, 6) is 1.13. The lowest BCUT2D eigenvalue weighted by Gasteiger charge is -1.88. The number of nitrogen functional groups attached to an aromatic ring is 1. The van der Waals surface area contributed by atoms with E-state index in [2.05, 4.69) is 10.2 Å². The zero-order chi connectivity index (χ0) is 11.1. The monoisotopic (exact) mass is 233 g/mol. The molecule has 5 heteroatoms. The summed E-state index contributed by atoms with van der Waals surface area (Å²) >= 11 is 5.88. The van der Waals surface area contributed by atoms with E-state index in [0.717, 1.165) is 16.7 Å². The van der Waals surface area contributed by atoms with Crippen LogP contribution in [0.15, 0.2) is 34.7 Å². The van der Waals surface area contributed by atoms with E-state index in [4.69, 9.17) is 21.8 Å². The Labute approximate surface area is 96.0 Å². The highest BCUT2D eigenvalue weighted by atomic mass is 35.5. The molecule has 16 heavy (non-hydrogen) atoms. The number of hydrogen-bond acceptors (Lipinski definition) is 3. The van der Waals surface area contributed by atoms with Crippen LogP contribution in [0.3, 0.4) is 0 Å². The molecule has 0 spiro atoms. The number of nitrogens with one attached hydrogen (secondary N) is 1. The molecule has 3 aromatic rings. The predicted octanol–water partition coefficient (Wildman–Crippen LogP) is 3.06. The van der Waals surface area contributed by atoms with Crippen LogP contribution in [0.1, 0.15) is 0 Å². The summed E-state index contributed by atoms with van der Waals surface area (Å²) in [5.41, 5.74) is 7.03. The van der Waals surface area contributed by atoms with Gasteiger partial charge in [0.15, 0.2) is 5.76 Å². The Morgan fingerprint density at radius 1 is 1.25 bits per heavy atom. The van der Waals surface area contributed by atoms with Gasteiger partial charge in [-0.15, -0.1) is 0 Å². The lowest BCUT2D eigenvalue weighted by molar-refractivity contribution is 0.628. The van der Waals surface area contributed by atoms with E-state index in [0.29, 0.717) is 16.6 Å². The van der Waals surface area contributed by atoms with E-state index in [1.807, 2.05) is 18.2 Å². The van der Waals surface area contributed by atoms with Crippen LogP contribution in [0.2, 0.25) is 5.02 Å². The molecule has 0 aliphatic heterocycles. The van der Waals surface area contributed by atoms with Crippen LogP contribution in [-0.2, 0) is 0 Å². The quantitative estimate of drug-likeness (QED) is 0.679. The number of aromatic amines is 1. The van der Waals surface area contributed by atoms with Crippen LogP contribution in [0.25, 0.3) is 22.4 Å². The third kappa shape index (κ3) is 1.44.